The third kappa shape index (κ3) is 3.21. The van der Waals surface area contributed by atoms with Gasteiger partial charge >= 0.3 is 0 Å². The van der Waals surface area contributed by atoms with E-state index >= 15 is 0 Å². The van der Waals surface area contributed by atoms with Gasteiger partial charge in [0.1, 0.15) is 0 Å². The first-order valence-electron chi connectivity index (χ1n) is 5.30. The SMILES string of the molecule is O=C(Cl)c1ccc(F)c(F)c1Nc1ccc(I)cc1Cl. The Labute approximate surface area is 137 Å². The number of hydrogen-bond acceptors (Lipinski definition) is 2. The molecule has 104 valence electrons. The van der Waals surface area contributed by atoms with Crippen LogP contribution in [0.4, 0.5) is 20.2 Å². The maximum atomic E-state index is 13.8. The van der Waals surface area contributed by atoms with Gasteiger partial charge in [-0.1, -0.05) is 11.6 Å². The molecule has 0 fully saturated rings. The minimum atomic E-state index is -1.19. The first-order valence-corrected chi connectivity index (χ1v) is 7.13. The van der Waals surface area contributed by atoms with Crippen molar-refractivity contribution in [1.29, 1.82) is 0 Å². The molecule has 2 nitrogen and oxygen atoms in total. The van der Waals surface area contributed by atoms with E-state index < -0.39 is 16.9 Å². The molecule has 0 aromatic heterocycles. The second kappa shape index (κ2) is 6.24. The number of benzene rings is 2. The summed E-state index contributed by atoms with van der Waals surface area (Å²) in [6.07, 6.45) is 0. The first kappa shape index (κ1) is 15.5. The van der Waals surface area contributed by atoms with E-state index in [4.69, 9.17) is 23.2 Å². The zero-order valence-electron chi connectivity index (χ0n) is 9.68. The summed E-state index contributed by atoms with van der Waals surface area (Å²) in [6.45, 7) is 0. The van der Waals surface area contributed by atoms with Crippen molar-refractivity contribution in [3.8, 4) is 0 Å². The molecule has 2 rings (SSSR count). The number of halogens is 5. The number of hydrogen-bond donors (Lipinski definition) is 1. The number of anilines is 2. The fourth-order valence-corrected chi connectivity index (χ4v) is 2.62. The predicted octanol–water partition coefficient (Wildman–Crippen LogP) is 5.35. The molecule has 0 heterocycles. The van der Waals surface area contributed by atoms with Crippen molar-refractivity contribution in [2.24, 2.45) is 0 Å². The predicted molar refractivity (Wildman–Crippen MR) is 84.0 cm³/mol. The van der Waals surface area contributed by atoms with Gasteiger partial charge in [0.15, 0.2) is 11.6 Å². The molecule has 7 heteroatoms. The molecular formula is C13H6Cl2F2INO. The Hall–Kier alpha value is -0.920. The van der Waals surface area contributed by atoms with E-state index in [0.717, 1.165) is 15.7 Å². The zero-order valence-corrected chi connectivity index (χ0v) is 13.4. The number of carbonyl (C=O) groups excluding carboxylic acids is 1. The summed E-state index contributed by atoms with van der Waals surface area (Å²) in [5, 5.41) is 2.02. The van der Waals surface area contributed by atoms with Gasteiger partial charge in [-0.15, -0.1) is 0 Å². The van der Waals surface area contributed by atoms with Crippen molar-refractivity contribution < 1.29 is 13.6 Å². The molecule has 0 saturated heterocycles. The van der Waals surface area contributed by atoms with Crippen molar-refractivity contribution in [1.82, 2.24) is 0 Å². The van der Waals surface area contributed by atoms with Crippen LogP contribution < -0.4 is 5.32 Å². The van der Waals surface area contributed by atoms with Crippen LogP contribution in [0.3, 0.4) is 0 Å². The molecular weight excluding hydrogens is 422 g/mol. The second-order valence-electron chi connectivity index (χ2n) is 3.81. The maximum absolute atomic E-state index is 13.8. The summed E-state index contributed by atoms with van der Waals surface area (Å²) in [5.74, 6) is -2.28. The van der Waals surface area contributed by atoms with Crippen LogP contribution in [0.2, 0.25) is 5.02 Å². The molecule has 20 heavy (non-hydrogen) atoms. The van der Waals surface area contributed by atoms with E-state index in [0.29, 0.717) is 10.7 Å². The fourth-order valence-electron chi connectivity index (χ4n) is 1.56. The number of carbonyl (C=O) groups is 1. The van der Waals surface area contributed by atoms with Crippen molar-refractivity contribution in [3.05, 3.63) is 56.1 Å². The molecule has 0 aliphatic rings. The van der Waals surface area contributed by atoms with Crippen LogP contribution in [-0.2, 0) is 0 Å². The molecule has 2 aromatic carbocycles. The minimum absolute atomic E-state index is 0.166. The number of nitrogens with one attached hydrogen (secondary N) is 1. The molecule has 0 radical (unpaired) electrons. The summed E-state index contributed by atoms with van der Waals surface area (Å²) in [5.41, 5.74) is -0.163. The average molecular weight is 428 g/mol. The van der Waals surface area contributed by atoms with Gasteiger partial charge in [-0.05, 0) is 64.5 Å². The Kier molecular flexibility index (Phi) is 4.82. The Balaban J connectivity index is 2.52. The van der Waals surface area contributed by atoms with Gasteiger partial charge in [-0.25, -0.2) is 8.78 Å². The molecule has 0 atom stereocenters. The lowest BCUT2D eigenvalue weighted by atomic mass is 10.1. The van der Waals surface area contributed by atoms with E-state index in [2.05, 4.69) is 27.9 Å². The molecule has 0 spiro atoms. The normalized spacial score (nSPS) is 10.4. The highest BCUT2D eigenvalue weighted by Crippen LogP contribution is 2.31. The van der Waals surface area contributed by atoms with Crippen LogP contribution in [0.15, 0.2) is 30.3 Å². The standard InChI is InChI=1S/C13H6Cl2F2INO/c14-8-5-6(18)1-4-10(8)19-12-7(13(15)20)2-3-9(16)11(12)17/h1-5,19H. The Morgan fingerprint density at radius 3 is 2.50 bits per heavy atom. The highest BCUT2D eigenvalue weighted by molar-refractivity contribution is 14.1. The Morgan fingerprint density at radius 1 is 1.20 bits per heavy atom. The summed E-state index contributed by atoms with van der Waals surface area (Å²) in [4.78, 5) is 11.3. The molecule has 0 unspecified atom stereocenters. The van der Waals surface area contributed by atoms with E-state index in [1.54, 1.807) is 18.2 Å². The van der Waals surface area contributed by atoms with Crippen LogP contribution in [0.1, 0.15) is 10.4 Å². The molecule has 0 aliphatic carbocycles. The van der Waals surface area contributed by atoms with Crippen molar-refractivity contribution >= 4 is 62.4 Å². The highest BCUT2D eigenvalue weighted by atomic mass is 127. The zero-order chi connectivity index (χ0) is 14.9. The van der Waals surface area contributed by atoms with Gasteiger partial charge in [-0.2, -0.15) is 0 Å². The summed E-state index contributed by atoms with van der Waals surface area (Å²) < 4.78 is 28.0. The smallest absolute Gasteiger partial charge is 0.254 e. The minimum Gasteiger partial charge on any atom is -0.351 e. The Morgan fingerprint density at radius 2 is 1.90 bits per heavy atom. The van der Waals surface area contributed by atoms with Crippen LogP contribution >= 0.6 is 45.8 Å². The molecule has 0 saturated carbocycles. The van der Waals surface area contributed by atoms with Crippen molar-refractivity contribution in [3.63, 3.8) is 0 Å². The van der Waals surface area contributed by atoms with Gasteiger partial charge in [-0.3, -0.25) is 4.79 Å². The van der Waals surface area contributed by atoms with E-state index in [9.17, 15) is 13.6 Å². The van der Waals surface area contributed by atoms with Crippen molar-refractivity contribution in [2.45, 2.75) is 0 Å². The molecule has 1 N–H and O–H groups in total. The third-order valence-corrected chi connectivity index (χ3v) is 3.68. The molecule has 0 bridgehead atoms. The van der Waals surface area contributed by atoms with Crippen LogP contribution in [0, 0.1) is 15.2 Å². The lowest BCUT2D eigenvalue weighted by molar-refractivity contribution is 0.108. The van der Waals surface area contributed by atoms with Gasteiger partial charge in [0.25, 0.3) is 5.24 Å². The van der Waals surface area contributed by atoms with Gasteiger partial charge in [0.05, 0.1) is 22.0 Å². The summed E-state index contributed by atoms with van der Waals surface area (Å²) in [7, 11) is 0. The monoisotopic (exact) mass is 427 g/mol. The average Bonchev–Trinajstić information content (AvgIpc) is 2.37. The lowest BCUT2D eigenvalue weighted by Crippen LogP contribution is -2.04. The lowest BCUT2D eigenvalue weighted by Gasteiger charge is -2.12. The third-order valence-electron chi connectivity index (χ3n) is 2.50. The largest absolute Gasteiger partial charge is 0.351 e. The van der Waals surface area contributed by atoms with Gasteiger partial charge < -0.3 is 5.32 Å². The molecule has 0 amide bonds. The van der Waals surface area contributed by atoms with E-state index in [-0.39, 0.29) is 11.3 Å². The van der Waals surface area contributed by atoms with E-state index in [1.165, 1.54) is 0 Å². The molecule has 0 aliphatic heterocycles. The Bertz CT molecular complexity index is 694. The first-order chi connectivity index (χ1) is 9.40. The van der Waals surface area contributed by atoms with Crippen molar-refractivity contribution in [2.75, 3.05) is 5.32 Å². The van der Waals surface area contributed by atoms with Crippen LogP contribution in [-0.4, -0.2) is 5.24 Å². The summed E-state index contributed by atoms with van der Waals surface area (Å²) >= 11 is 13.4. The number of rotatable bonds is 3. The second-order valence-corrected chi connectivity index (χ2v) is 5.80. The quantitative estimate of drug-likeness (QED) is 0.528. The highest BCUT2D eigenvalue weighted by Gasteiger charge is 2.18. The van der Waals surface area contributed by atoms with Gasteiger partial charge in [0.2, 0.25) is 0 Å². The summed E-state index contributed by atoms with van der Waals surface area (Å²) in [6, 6.07) is 6.91. The van der Waals surface area contributed by atoms with Crippen LogP contribution in [0.25, 0.3) is 0 Å². The van der Waals surface area contributed by atoms with E-state index in [1.807, 2.05) is 0 Å². The molecule has 2 aromatic rings. The van der Waals surface area contributed by atoms with Gasteiger partial charge in [0, 0.05) is 3.57 Å². The van der Waals surface area contributed by atoms with Crippen LogP contribution in [0.5, 0.6) is 0 Å². The fraction of sp³-hybridized carbons (Fsp3) is 0. The maximum Gasteiger partial charge on any atom is 0.254 e. The topological polar surface area (TPSA) is 29.1 Å².